The number of aliphatic hydroxyl groups is 1. The fourth-order valence-corrected chi connectivity index (χ4v) is 3.56. The van der Waals surface area contributed by atoms with Crippen molar-refractivity contribution in [1.82, 2.24) is 9.80 Å². The molecular formula is C16H32N2O. The van der Waals surface area contributed by atoms with E-state index in [1.54, 1.807) is 0 Å². The minimum atomic E-state index is 0.354. The Labute approximate surface area is 119 Å². The molecule has 2 rings (SSSR count). The van der Waals surface area contributed by atoms with Gasteiger partial charge in [0.25, 0.3) is 0 Å². The van der Waals surface area contributed by atoms with Gasteiger partial charge in [-0.15, -0.1) is 0 Å². The van der Waals surface area contributed by atoms with E-state index in [-0.39, 0.29) is 0 Å². The van der Waals surface area contributed by atoms with Crippen LogP contribution in [0.25, 0.3) is 0 Å². The molecule has 0 radical (unpaired) electrons. The monoisotopic (exact) mass is 268 g/mol. The summed E-state index contributed by atoms with van der Waals surface area (Å²) >= 11 is 0. The van der Waals surface area contributed by atoms with Gasteiger partial charge in [-0.3, -0.25) is 0 Å². The fourth-order valence-electron chi connectivity index (χ4n) is 3.56. The van der Waals surface area contributed by atoms with Crippen LogP contribution < -0.4 is 0 Å². The highest BCUT2D eigenvalue weighted by molar-refractivity contribution is 4.73. The molecule has 0 aliphatic carbocycles. The third kappa shape index (κ3) is 5.80. The van der Waals surface area contributed by atoms with Gasteiger partial charge in [0, 0.05) is 6.61 Å². The predicted octanol–water partition coefficient (Wildman–Crippen LogP) is 2.35. The molecule has 0 aromatic carbocycles. The molecule has 2 heterocycles. The molecule has 112 valence electrons. The van der Waals surface area contributed by atoms with E-state index >= 15 is 0 Å². The molecule has 0 aromatic rings. The number of likely N-dealkylation sites (tertiary alicyclic amines) is 2. The Morgan fingerprint density at radius 1 is 0.789 bits per heavy atom. The lowest BCUT2D eigenvalue weighted by Crippen LogP contribution is -2.34. The lowest BCUT2D eigenvalue weighted by atomic mass is 9.92. The fraction of sp³-hybridized carbons (Fsp3) is 1.00. The van der Waals surface area contributed by atoms with E-state index < -0.39 is 0 Å². The quantitative estimate of drug-likeness (QED) is 0.685. The second-order valence-corrected chi connectivity index (χ2v) is 6.41. The van der Waals surface area contributed by atoms with Crippen LogP contribution in [0.5, 0.6) is 0 Å². The second-order valence-electron chi connectivity index (χ2n) is 6.41. The molecule has 0 atom stereocenters. The first-order chi connectivity index (χ1) is 9.38. The predicted molar refractivity (Wildman–Crippen MR) is 80.4 cm³/mol. The van der Waals surface area contributed by atoms with Crippen LogP contribution in [0.3, 0.4) is 0 Å². The summed E-state index contributed by atoms with van der Waals surface area (Å²) < 4.78 is 0. The van der Waals surface area contributed by atoms with E-state index in [4.69, 9.17) is 5.11 Å². The van der Waals surface area contributed by atoms with Crippen molar-refractivity contribution in [3.05, 3.63) is 0 Å². The lowest BCUT2D eigenvalue weighted by molar-refractivity contribution is 0.167. The average Bonchev–Trinajstić information content (AvgIpc) is 2.94. The largest absolute Gasteiger partial charge is 0.396 e. The van der Waals surface area contributed by atoms with Gasteiger partial charge in [-0.05, 0) is 96.6 Å². The zero-order valence-corrected chi connectivity index (χ0v) is 12.5. The van der Waals surface area contributed by atoms with E-state index in [1.807, 2.05) is 0 Å². The Bertz CT molecular complexity index is 221. The van der Waals surface area contributed by atoms with Crippen molar-refractivity contribution in [2.75, 3.05) is 45.9 Å². The van der Waals surface area contributed by atoms with Crippen LogP contribution in [-0.2, 0) is 0 Å². The number of piperidine rings is 1. The number of aliphatic hydroxyl groups excluding tert-OH is 1. The lowest BCUT2D eigenvalue weighted by Gasteiger charge is -2.32. The molecule has 19 heavy (non-hydrogen) atoms. The van der Waals surface area contributed by atoms with E-state index in [0.717, 1.165) is 18.8 Å². The van der Waals surface area contributed by atoms with Crippen molar-refractivity contribution in [1.29, 1.82) is 0 Å². The summed E-state index contributed by atoms with van der Waals surface area (Å²) in [7, 11) is 0. The van der Waals surface area contributed by atoms with Crippen molar-refractivity contribution in [2.24, 2.45) is 5.92 Å². The van der Waals surface area contributed by atoms with Gasteiger partial charge in [-0.25, -0.2) is 0 Å². The van der Waals surface area contributed by atoms with E-state index in [1.165, 1.54) is 77.8 Å². The maximum atomic E-state index is 8.80. The number of nitrogens with zero attached hydrogens (tertiary/aromatic N) is 2. The highest BCUT2D eigenvalue weighted by Crippen LogP contribution is 2.22. The van der Waals surface area contributed by atoms with Gasteiger partial charge in [-0.1, -0.05) is 0 Å². The van der Waals surface area contributed by atoms with Crippen molar-refractivity contribution >= 4 is 0 Å². The summed E-state index contributed by atoms with van der Waals surface area (Å²) in [5, 5.41) is 8.80. The number of rotatable bonds is 8. The smallest absolute Gasteiger partial charge is 0.0431 e. The zero-order valence-electron chi connectivity index (χ0n) is 12.5. The summed E-state index contributed by atoms with van der Waals surface area (Å²) in [6.07, 6.45) is 10.6. The molecule has 2 aliphatic heterocycles. The topological polar surface area (TPSA) is 26.7 Å². The average molecular weight is 268 g/mol. The third-order valence-electron chi connectivity index (χ3n) is 4.88. The second kappa shape index (κ2) is 8.93. The molecule has 0 unspecified atom stereocenters. The Kier molecular flexibility index (Phi) is 7.18. The SMILES string of the molecule is OCCCCN1CCC(CCCN2CCCC2)CC1. The molecule has 3 nitrogen and oxygen atoms in total. The van der Waals surface area contributed by atoms with Gasteiger partial charge in [0.1, 0.15) is 0 Å². The van der Waals surface area contributed by atoms with Crippen molar-refractivity contribution in [3.63, 3.8) is 0 Å². The molecule has 3 heteroatoms. The zero-order chi connectivity index (χ0) is 13.3. The van der Waals surface area contributed by atoms with Crippen LogP contribution in [0.1, 0.15) is 51.4 Å². The molecule has 0 spiro atoms. The van der Waals surface area contributed by atoms with Crippen molar-refractivity contribution < 1.29 is 5.11 Å². The molecule has 1 N–H and O–H groups in total. The van der Waals surface area contributed by atoms with Crippen LogP contribution in [0.2, 0.25) is 0 Å². The molecule has 0 aromatic heterocycles. The first-order valence-corrected chi connectivity index (χ1v) is 8.44. The highest BCUT2D eigenvalue weighted by atomic mass is 16.2. The number of hydrogen-bond acceptors (Lipinski definition) is 3. The van der Waals surface area contributed by atoms with Gasteiger partial charge < -0.3 is 14.9 Å². The minimum Gasteiger partial charge on any atom is -0.396 e. The Hall–Kier alpha value is -0.120. The Morgan fingerprint density at radius 2 is 1.42 bits per heavy atom. The normalized spacial score (nSPS) is 23.2. The van der Waals surface area contributed by atoms with Gasteiger partial charge >= 0.3 is 0 Å². The molecular weight excluding hydrogens is 236 g/mol. The summed E-state index contributed by atoms with van der Waals surface area (Å²) in [6, 6.07) is 0. The molecule has 0 amide bonds. The molecule has 2 fully saturated rings. The molecule has 2 aliphatic rings. The first kappa shape index (κ1) is 15.3. The van der Waals surface area contributed by atoms with Crippen LogP contribution >= 0.6 is 0 Å². The summed E-state index contributed by atoms with van der Waals surface area (Å²) in [4.78, 5) is 5.23. The van der Waals surface area contributed by atoms with Crippen LogP contribution in [-0.4, -0.2) is 60.8 Å². The van der Waals surface area contributed by atoms with Gasteiger partial charge in [0.2, 0.25) is 0 Å². The van der Waals surface area contributed by atoms with E-state index in [9.17, 15) is 0 Å². The standard InChI is InChI=1S/C16H32N2O/c19-15-4-3-11-18-13-7-16(8-14-18)6-5-12-17-9-1-2-10-17/h16,19H,1-15H2. The number of unbranched alkanes of at least 4 members (excludes halogenated alkanes) is 1. The van der Waals surface area contributed by atoms with Crippen LogP contribution in [0.4, 0.5) is 0 Å². The van der Waals surface area contributed by atoms with E-state index in [2.05, 4.69) is 9.80 Å². The van der Waals surface area contributed by atoms with Crippen LogP contribution in [0.15, 0.2) is 0 Å². The number of hydrogen-bond donors (Lipinski definition) is 1. The van der Waals surface area contributed by atoms with Crippen molar-refractivity contribution in [3.8, 4) is 0 Å². The molecule has 0 bridgehead atoms. The third-order valence-corrected chi connectivity index (χ3v) is 4.88. The maximum Gasteiger partial charge on any atom is 0.0431 e. The molecule has 2 saturated heterocycles. The van der Waals surface area contributed by atoms with Gasteiger partial charge in [0.05, 0.1) is 0 Å². The first-order valence-electron chi connectivity index (χ1n) is 8.44. The minimum absolute atomic E-state index is 0.354. The molecule has 0 saturated carbocycles. The summed E-state index contributed by atoms with van der Waals surface area (Å²) in [5.74, 6) is 0.983. The van der Waals surface area contributed by atoms with E-state index in [0.29, 0.717) is 6.61 Å². The Balaban J connectivity index is 1.48. The maximum absolute atomic E-state index is 8.80. The van der Waals surface area contributed by atoms with Gasteiger partial charge in [0.15, 0.2) is 0 Å². The van der Waals surface area contributed by atoms with Gasteiger partial charge in [-0.2, -0.15) is 0 Å². The Morgan fingerprint density at radius 3 is 2.11 bits per heavy atom. The van der Waals surface area contributed by atoms with Crippen molar-refractivity contribution in [2.45, 2.75) is 51.4 Å². The summed E-state index contributed by atoms with van der Waals surface area (Å²) in [5.41, 5.74) is 0. The highest BCUT2D eigenvalue weighted by Gasteiger charge is 2.19. The van der Waals surface area contributed by atoms with Crippen LogP contribution in [0, 0.1) is 5.92 Å². The summed E-state index contributed by atoms with van der Waals surface area (Å²) in [6.45, 7) is 8.18.